The molecule has 5 heteroatoms. The van der Waals surface area contributed by atoms with Gasteiger partial charge in [0, 0.05) is 11.6 Å². The van der Waals surface area contributed by atoms with Crippen LogP contribution in [0, 0.1) is 0 Å². The molecule has 35 heavy (non-hydrogen) atoms. The third-order valence-electron chi connectivity index (χ3n) is 5.68. The minimum Gasteiger partial charge on any atom is -0.534 e. The molecule has 3 aromatic rings. The predicted octanol–water partition coefficient (Wildman–Crippen LogP) is 5.79. The Hall–Kier alpha value is -3.44. The van der Waals surface area contributed by atoms with Crippen LogP contribution in [0.15, 0.2) is 84.9 Å². The second kappa shape index (κ2) is 10.4. The highest BCUT2D eigenvalue weighted by Crippen LogP contribution is 2.37. The van der Waals surface area contributed by atoms with Gasteiger partial charge in [0.1, 0.15) is 11.4 Å². The molecule has 0 unspecified atom stereocenters. The first-order chi connectivity index (χ1) is 16.5. The monoisotopic (exact) mass is 486 g/mol. The van der Waals surface area contributed by atoms with Crippen molar-refractivity contribution in [1.29, 1.82) is 0 Å². The van der Waals surface area contributed by atoms with Gasteiger partial charge >= 0.3 is 14.3 Å². The van der Waals surface area contributed by atoms with Gasteiger partial charge in [0.15, 0.2) is 6.29 Å². The first-order valence-corrected chi connectivity index (χ1v) is 13.7. The molecular formula is C30H34O4Si. The van der Waals surface area contributed by atoms with Crippen molar-refractivity contribution < 1.29 is 18.8 Å². The fourth-order valence-corrected chi connectivity index (χ4v) is 8.60. The van der Waals surface area contributed by atoms with Crippen LogP contribution in [0.5, 0.6) is 5.75 Å². The predicted molar refractivity (Wildman–Crippen MR) is 145 cm³/mol. The highest BCUT2D eigenvalue weighted by Gasteiger charge is 2.52. The lowest BCUT2D eigenvalue weighted by molar-refractivity contribution is -0.148. The Bertz CT molecular complexity index is 1150. The summed E-state index contributed by atoms with van der Waals surface area (Å²) in [7, 11) is -2.81. The third kappa shape index (κ3) is 6.17. The highest BCUT2D eigenvalue weighted by molar-refractivity contribution is 7.00. The number of carbonyl (C=O) groups is 2. The fourth-order valence-electron chi connectivity index (χ4n) is 4.19. The molecule has 0 aromatic heterocycles. The Morgan fingerprint density at radius 1 is 0.771 bits per heavy atom. The summed E-state index contributed by atoms with van der Waals surface area (Å²) < 4.78 is 12.3. The lowest BCUT2D eigenvalue weighted by Crippen LogP contribution is -2.68. The summed E-state index contributed by atoms with van der Waals surface area (Å²) in [5.41, 5.74) is 0.489. The lowest BCUT2D eigenvalue weighted by Gasteiger charge is -2.43. The van der Waals surface area contributed by atoms with E-state index in [9.17, 15) is 9.59 Å². The fraction of sp³-hybridized carbons (Fsp3) is 0.267. The van der Waals surface area contributed by atoms with Crippen molar-refractivity contribution in [3.05, 3.63) is 96.1 Å². The topological polar surface area (TPSA) is 52.6 Å². The van der Waals surface area contributed by atoms with Gasteiger partial charge in [0.05, 0.1) is 0 Å². The average molecular weight is 487 g/mol. The molecule has 0 radical (unpaired) electrons. The molecule has 0 N–H and O–H groups in total. The summed E-state index contributed by atoms with van der Waals surface area (Å²) >= 11 is 0. The molecule has 0 bridgehead atoms. The smallest absolute Gasteiger partial charge is 0.331 e. The maximum Gasteiger partial charge on any atom is 0.331 e. The lowest BCUT2D eigenvalue weighted by atomic mass is 10.1. The summed E-state index contributed by atoms with van der Waals surface area (Å²) in [4.78, 5) is 24.1. The van der Waals surface area contributed by atoms with Crippen LogP contribution in [0.25, 0.3) is 6.08 Å². The molecule has 0 heterocycles. The van der Waals surface area contributed by atoms with Crippen molar-refractivity contribution in [2.24, 2.45) is 0 Å². The van der Waals surface area contributed by atoms with E-state index in [0.29, 0.717) is 16.9 Å². The van der Waals surface area contributed by atoms with Crippen molar-refractivity contribution in [3.8, 4) is 5.75 Å². The van der Waals surface area contributed by atoms with Crippen molar-refractivity contribution >= 4 is 37.0 Å². The Kier molecular flexibility index (Phi) is 7.81. The van der Waals surface area contributed by atoms with Gasteiger partial charge in [-0.15, -0.1) is 0 Å². The standard InChI is InChI=1S/C30H34O4Si/c1-29(2,3)33-28(32)20-18-23-17-19-25(21-24(23)22-31)34-35(30(4,5)6,26-13-9-7-10-14-26)27-15-11-8-12-16-27/h7-22H,1-6H3/b20-18+. The second-order valence-corrected chi connectivity index (χ2v) is 14.8. The van der Waals surface area contributed by atoms with Gasteiger partial charge in [-0.2, -0.15) is 0 Å². The summed E-state index contributed by atoms with van der Waals surface area (Å²) in [5.74, 6) is 0.165. The van der Waals surface area contributed by atoms with Crippen molar-refractivity contribution in [3.63, 3.8) is 0 Å². The van der Waals surface area contributed by atoms with Crippen LogP contribution in [0.4, 0.5) is 0 Å². The zero-order chi connectivity index (χ0) is 25.7. The van der Waals surface area contributed by atoms with Crippen LogP contribution in [0.3, 0.4) is 0 Å². The number of ether oxygens (including phenoxy) is 1. The zero-order valence-electron chi connectivity index (χ0n) is 21.4. The molecule has 0 saturated carbocycles. The van der Waals surface area contributed by atoms with Crippen LogP contribution in [0.1, 0.15) is 57.5 Å². The molecule has 0 aliphatic rings. The third-order valence-corrected chi connectivity index (χ3v) is 10.6. The van der Waals surface area contributed by atoms with Gasteiger partial charge in [-0.1, -0.05) is 87.5 Å². The largest absolute Gasteiger partial charge is 0.534 e. The van der Waals surface area contributed by atoms with E-state index in [1.807, 2.05) is 63.2 Å². The molecule has 3 aromatic carbocycles. The quantitative estimate of drug-likeness (QED) is 0.183. The summed E-state index contributed by atoms with van der Waals surface area (Å²) in [6, 6.07) is 26.1. The number of benzene rings is 3. The summed E-state index contributed by atoms with van der Waals surface area (Å²) in [6.07, 6.45) is 3.73. The SMILES string of the molecule is CC(C)(C)OC(=O)/C=C/c1ccc(O[Si](c2ccccc2)(c2ccccc2)C(C)(C)C)cc1C=O. The molecule has 0 fully saturated rings. The average Bonchev–Trinajstić information content (AvgIpc) is 2.80. The molecule has 182 valence electrons. The second-order valence-electron chi connectivity index (χ2n) is 10.5. The van der Waals surface area contributed by atoms with Crippen LogP contribution in [-0.4, -0.2) is 26.2 Å². The van der Waals surface area contributed by atoms with Crippen molar-refractivity contribution in [2.75, 3.05) is 0 Å². The number of hydrogen-bond acceptors (Lipinski definition) is 4. The van der Waals surface area contributed by atoms with E-state index in [2.05, 4.69) is 45.0 Å². The molecule has 0 aliphatic carbocycles. The Balaban J connectivity index is 2.06. The number of esters is 1. The van der Waals surface area contributed by atoms with E-state index in [-0.39, 0.29) is 5.04 Å². The molecule has 3 rings (SSSR count). The Morgan fingerprint density at radius 3 is 1.77 bits per heavy atom. The number of carbonyl (C=O) groups excluding carboxylic acids is 2. The minimum absolute atomic E-state index is 0.202. The maximum absolute atomic E-state index is 12.1. The van der Waals surface area contributed by atoms with E-state index in [4.69, 9.17) is 9.16 Å². The molecule has 0 amide bonds. The molecule has 4 nitrogen and oxygen atoms in total. The van der Waals surface area contributed by atoms with Gasteiger partial charge in [0.25, 0.3) is 0 Å². The van der Waals surface area contributed by atoms with Gasteiger partial charge in [-0.05, 0) is 60.0 Å². The first kappa shape index (κ1) is 26.2. The van der Waals surface area contributed by atoms with E-state index < -0.39 is 19.9 Å². The zero-order valence-corrected chi connectivity index (χ0v) is 22.4. The van der Waals surface area contributed by atoms with Gasteiger partial charge in [-0.25, -0.2) is 4.79 Å². The van der Waals surface area contributed by atoms with Crippen LogP contribution in [0.2, 0.25) is 5.04 Å². The van der Waals surface area contributed by atoms with Crippen LogP contribution >= 0.6 is 0 Å². The first-order valence-electron chi connectivity index (χ1n) is 11.8. The van der Waals surface area contributed by atoms with E-state index >= 15 is 0 Å². The van der Waals surface area contributed by atoms with E-state index in [1.54, 1.807) is 18.2 Å². The van der Waals surface area contributed by atoms with Crippen molar-refractivity contribution in [1.82, 2.24) is 0 Å². The van der Waals surface area contributed by atoms with Crippen molar-refractivity contribution in [2.45, 2.75) is 52.2 Å². The van der Waals surface area contributed by atoms with E-state index in [0.717, 1.165) is 16.7 Å². The highest BCUT2D eigenvalue weighted by atomic mass is 28.4. The molecule has 0 aliphatic heterocycles. The normalized spacial score (nSPS) is 12.4. The molecular weight excluding hydrogens is 452 g/mol. The number of hydrogen-bond donors (Lipinski definition) is 0. The van der Waals surface area contributed by atoms with Gasteiger partial charge in [0.2, 0.25) is 0 Å². The Labute approximate surface area is 209 Å². The van der Waals surface area contributed by atoms with Gasteiger partial charge in [-0.3, -0.25) is 4.79 Å². The molecule has 0 atom stereocenters. The Morgan fingerprint density at radius 2 is 1.31 bits per heavy atom. The van der Waals surface area contributed by atoms with E-state index in [1.165, 1.54) is 6.08 Å². The maximum atomic E-state index is 12.1. The summed E-state index contributed by atoms with van der Waals surface area (Å²) in [5, 5.41) is 2.10. The number of aldehydes is 1. The molecule has 0 saturated heterocycles. The van der Waals surface area contributed by atoms with Gasteiger partial charge < -0.3 is 9.16 Å². The summed E-state index contributed by atoms with van der Waals surface area (Å²) in [6.45, 7) is 12.1. The van der Waals surface area contributed by atoms with Crippen LogP contribution in [-0.2, 0) is 9.53 Å². The minimum atomic E-state index is -2.81. The van der Waals surface area contributed by atoms with Crippen LogP contribution < -0.4 is 14.8 Å². The number of rotatable bonds is 7. The molecule has 0 spiro atoms.